The zero-order chi connectivity index (χ0) is 16.2. The summed E-state index contributed by atoms with van der Waals surface area (Å²) in [6.07, 6.45) is 1.11. The quantitative estimate of drug-likeness (QED) is 0.885. The van der Waals surface area contributed by atoms with Crippen LogP contribution >= 0.6 is 11.3 Å². The lowest BCUT2D eigenvalue weighted by Gasteiger charge is -2.32. The van der Waals surface area contributed by atoms with Crippen molar-refractivity contribution in [1.82, 2.24) is 10.2 Å². The third kappa shape index (κ3) is 3.80. The monoisotopic (exact) mass is 329 g/mol. The van der Waals surface area contributed by atoms with E-state index in [2.05, 4.69) is 28.6 Å². The molecule has 5 heteroatoms. The van der Waals surface area contributed by atoms with Gasteiger partial charge in [0.15, 0.2) is 0 Å². The molecule has 2 unspecified atom stereocenters. The SMILES string of the molecule is CC(CNC(=O)C(N)c1ccccc1)N1CCc2sccc2C1. The standard InChI is InChI=1S/C18H23N3OS/c1-13(21-9-7-16-15(12-21)8-10-23-16)11-20-18(22)17(19)14-5-3-2-4-6-14/h2-6,8,10,13,17H,7,9,11-12,19H2,1H3,(H,20,22). The molecule has 23 heavy (non-hydrogen) atoms. The van der Waals surface area contributed by atoms with Crippen molar-refractivity contribution in [2.45, 2.75) is 32.0 Å². The third-order valence-corrected chi connectivity index (χ3v) is 5.50. The molecular weight excluding hydrogens is 306 g/mol. The first kappa shape index (κ1) is 16.2. The van der Waals surface area contributed by atoms with Crippen LogP contribution in [0.1, 0.15) is 29.0 Å². The molecular formula is C18H23N3OS. The van der Waals surface area contributed by atoms with E-state index in [-0.39, 0.29) is 5.91 Å². The Kier molecular flexibility index (Phi) is 5.10. The summed E-state index contributed by atoms with van der Waals surface area (Å²) in [6.45, 7) is 4.81. The molecule has 2 heterocycles. The molecule has 0 spiro atoms. The summed E-state index contributed by atoms with van der Waals surface area (Å²) in [5.74, 6) is -0.115. The first-order chi connectivity index (χ1) is 11.1. The van der Waals surface area contributed by atoms with E-state index in [1.165, 1.54) is 10.4 Å². The van der Waals surface area contributed by atoms with Crippen molar-refractivity contribution in [2.24, 2.45) is 5.73 Å². The summed E-state index contributed by atoms with van der Waals surface area (Å²) in [5, 5.41) is 5.16. The van der Waals surface area contributed by atoms with Crippen LogP contribution in [0.4, 0.5) is 0 Å². The van der Waals surface area contributed by atoms with E-state index in [9.17, 15) is 4.79 Å². The van der Waals surface area contributed by atoms with E-state index in [0.717, 1.165) is 25.1 Å². The first-order valence-corrected chi connectivity index (χ1v) is 8.90. The molecule has 0 bridgehead atoms. The van der Waals surface area contributed by atoms with E-state index in [1.54, 1.807) is 0 Å². The van der Waals surface area contributed by atoms with E-state index in [4.69, 9.17) is 5.73 Å². The maximum atomic E-state index is 12.2. The molecule has 0 fully saturated rings. The molecule has 1 aromatic carbocycles. The second-order valence-corrected chi connectivity index (χ2v) is 7.07. The van der Waals surface area contributed by atoms with Crippen molar-refractivity contribution in [3.63, 3.8) is 0 Å². The van der Waals surface area contributed by atoms with Gasteiger partial charge >= 0.3 is 0 Å². The van der Waals surface area contributed by atoms with Crippen LogP contribution in [0.3, 0.4) is 0 Å². The maximum absolute atomic E-state index is 12.2. The molecule has 1 aliphatic heterocycles. The van der Waals surface area contributed by atoms with Gasteiger partial charge in [0.1, 0.15) is 6.04 Å². The van der Waals surface area contributed by atoms with Crippen LogP contribution in [0.25, 0.3) is 0 Å². The number of benzene rings is 1. The Hall–Kier alpha value is -1.69. The molecule has 1 aromatic heterocycles. The molecule has 3 N–H and O–H groups in total. The second kappa shape index (κ2) is 7.25. The van der Waals surface area contributed by atoms with Crippen molar-refractivity contribution < 1.29 is 4.79 Å². The van der Waals surface area contributed by atoms with Gasteiger partial charge in [0, 0.05) is 30.6 Å². The van der Waals surface area contributed by atoms with Crippen LogP contribution in [0.15, 0.2) is 41.8 Å². The number of nitrogens with two attached hydrogens (primary N) is 1. The van der Waals surface area contributed by atoms with Crippen molar-refractivity contribution in [3.05, 3.63) is 57.8 Å². The van der Waals surface area contributed by atoms with Crippen LogP contribution < -0.4 is 11.1 Å². The number of rotatable bonds is 5. The first-order valence-electron chi connectivity index (χ1n) is 8.02. The predicted molar refractivity (Wildman–Crippen MR) is 94.3 cm³/mol. The number of carbonyl (C=O) groups is 1. The van der Waals surface area contributed by atoms with Gasteiger partial charge in [0.2, 0.25) is 5.91 Å². The highest BCUT2D eigenvalue weighted by Gasteiger charge is 2.22. The summed E-state index contributed by atoms with van der Waals surface area (Å²) in [6, 6.07) is 11.4. The second-order valence-electron chi connectivity index (χ2n) is 6.07. The number of hydrogen-bond acceptors (Lipinski definition) is 4. The van der Waals surface area contributed by atoms with Crippen LogP contribution in [-0.4, -0.2) is 29.9 Å². The van der Waals surface area contributed by atoms with Gasteiger partial charge in [-0.2, -0.15) is 0 Å². The van der Waals surface area contributed by atoms with E-state index in [1.807, 2.05) is 41.7 Å². The number of nitrogens with zero attached hydrogens (tertiary/aromatic N) is 1. The molecule has 4 nitrogen and oxygen atoms in total. The lowest BCUT2D eigenvalue weighted by Crippen LogP contribution is -2.45. The normalized spacial score (nSPS) is 17.3. The highest BCUT2D eigenvalue weighted by atomic mass is 32.1. The molecule has 0 aliphatic carbocycles. The summed E-state index contributed by atoms with van der Waals surface area (Å²) in [7, 11) is 0. The number of fused-ring (bicyclic) bond motifs is 1. The van der Waals surface area contributed by atoms with Crippen molar-refractivity contribution in [1.29, 1.82) is 0 Å². The van der Waals surface area contributed by atoms with E-state index >= 15 is 0 Å². The van der Waals surface area contributed by atoms with Gasteiger partial charge in [-0.3, -0.25) is 9.69 Å². The van der Waals surface area contributed by atoms with Gasteiger partial charge in [0.25, 0.3) is 0 Å². The van der Waals surface area contributed by atoms with Gasteiger partial charge < -0.3 is 11.1 Å². The largest absolute Gasteiger partial charge is 0.353 e. The molecule has 2 aromatic rings. The zero-order valence-electron chi connectivity index (χ0n) is 13.4. The third-order valence-electron chi connectivity index (χ3n) is 4.47. The van der Waals surface area contributed by atoms with Gasteiger partial charge in [-0.25, -0.2) is 0 Å². The molecule has 0 saturated carbocycles. The van der Waals surface area contributed by atoms with Gasteiger partial charge in [-0.05, 0) is 35.9 Å². The van der Waals surface area contributed by atoms with E-state index in [0.29, 0.717) is 12.6 Å². The fourth-order valence-corrected chi connectivity index (χ4v) is 3.84. The summed E-state index contributed by atoms with van der Waals surface area (Å²) in [5.41, 5.74) is 8.31. The number of carbonyl (C=O) groups excluding carboxylic acids is 1. The number of nitrogens with one attached hydrogen (secondary N) is 1. The number of hydrogen-bond donors (Lipinski definition) is 2. The molecule has 0 saturated heterocycles. The van der Waals surface area contributed by atoms with Gasteiger partial charge in [-0.15, -0.1) is 11.3 Å². The minimum atomic E-state index is -0.603. The predicted octanol–water partition coefficient (Wildman–Crippen LogP) is 2.31. The molecule has 1 amide bonds. The minimum Gasteiger partial charge on any atom is -0.353 e. The lowest BCUT2D eigenvalue weighted by atomic mass is 10.1. The van der Waals surface area contributed by atoms with Crippen LogP contribution in [0, 0.1) is 0 Å². The Balaban J connectivity index is 1.51. The average molecular weight is 329 g/mol. The highest BCUT2D eigenvalue weighted by molar-refractivity contribution is 7.10. The Morgan fingerprint density at radius 3 is 2.91 bits per heavy atom. The fourth-order valence-electron chi connectivity index (χ4n) is 2.95. The molecule has 0 radical (unpaired) electrons. The van der Waals surface area contributed by atoms with E-state index < -0.39 is 6.04 Å². The maximum Gasteiger partial charge on any atom is 0.241 e. The van der Waals surface area contributed by atoms with Crippen molar-refractivity contribution in [2.75, 3.05) is 13.1 Å². The lowest BCUT2D eigenvalue weighted by molar-refractivity contribution is -0.122. The Morgan fingerprint density at radius 2 is 2.13 bits per heavy atom. The summed E-state index contributed by atoms with van der Waals surface area (Å²) < 4.78 is 0. The molecule has 122 valence electrons. The summed E-state index contributed by atoms with van der Waals surface area (Å²) in [4.78, 5) is 16.2. The molecule has 1 aliphatic rings. The Labute approximate surface area is 141 Å². The topological polar surface area (TPSA) is 58.4 Å². The smallest absolute Gasteiger partial charge is 0.241 e. The van der Waals surface area contributed by atoms with Crippen LogP contribution in [0.2, 0.25) is 0 Å². The summed E-state index contributed by atoms with van der Waals surface area (Å²) >= 11 is 1.85. The average Bonchev–Trinajstić information content (AvgIpc) is 3.07. The molecule has 2 atom stereocenters. The van der Waals surface area contributed by atoms with Crippen molar-refractivity contribution in [3.8, 4) is 0 Å². The van der Waals surface area contributed by atoms with Crippen LogP contribution in [-0.2, 0) is 17.8 Å². The van der Waals surface area contributed by atoms with Gasteiger partial charge in [-0.1, -0.05) is 30.3 Å². The van der Waals surface area contributed by atoms with Gasteiger partial charge in [0.05, 0.1) is 0 Å². The van der Waals surface area contributed by atoms with Crippen molar-refractivity contribution >= 4 is 17.2 Å². The minimum absolute atomic E-state index is 0.115. The Morgan fingerprint density at radius 1 is 1.35 bits per heavy atom. The molecule has 3 rings (SSSR count). The number of amides is 1. The Bertz CT molecular complexity index is 655. The highest BCUT2D eigenvalue weighted by Crippen LogP contribution is 2.25. The van der Waals surface area contributed by atoms with Crippen LogP contribution in [0.5, 0.6) is 0 Å². The zero-order valence-corrected chi connectivity index (χ0v) is 14.2. The number of thiophene rings is 1. The fraction of sp³-hybridized carbons (Fsp3) is 0.389.